The number of alkyl carbamates (subject to hydrolysis) is 1. The van der Waals surface area contributed by atoms with Crippen molar-refractivity contribution in [2.24, 2.45) is 5.92 Å². The fourth-order valence-corrected chi connectivity index (χ4v) is 5.69. The van der Waals surface area contributed by atoms with Gasteiger partial charge in [0.1, 0.15) is 12.1 Å². The summed E-state index contributed by atoms with van der Waals surface area (Å²) < 4.78 is 11.1. The molecule has 0 aromatic heterocycles. The van der Waals surface area contributed by atoms with E-state index in [-0.39, 0.29) is 18.4 Å². The molecule has 3 aliphatic rings. The number of hydrogen-bond acceptors (Lipinski definition) is 5. The summed E-state index contributed by atoms with van der Waals surface area (Å²) in [6, 6.07) is 15.8. The van der Waals surface area contributed by atoms with Crippen LogP contribution in [0.3, 0.4) is 0 Å². The Morgan fingerprint density at radius 2 is 1.60 bits per heavy atom. The van der Waals surface area contributed by atoms with Gasteiger partial charge in [0.2, 0.25) is 5.91 Å². The fraction of sp³-hybridized carbons (Fsp3) is 0.444. The molecule has 35 heavy (non-hydrogen) atoms. The highest BCUT2D eigenvalue weighted by Gasteiger charge is 2.45. The third-order valence-electron chi connectivity index (χ3n) is 7.62. The quantitative estimate of drug-likeness (QED) is 0.586. The zero-order valence-corrected chi connectivity index (χ0v) is 19.5. The number of amides is 2. The molecule has 3 N–H and O–H groups in total. The van der Waals surface area contributed by atoms with E-state index in [9.17, 15) is 19.5 Å². The van der Waals surface area contributed by atoms with Crippen molar-refractivity contribution in [3.8, 4) is 11.1 Å². The predicted octanol–water partition coefficient (Wildman–Crippen LogP) is 3.44. The average Bonchev–Trinajstić information content (AvgIpc) is 3.46. The van der Waals surface area contributed by atoms with Crippen LogP contribution in [0, 0.1) is 5.92 Å². The Balaban J connectivity index is 1.28. The van der Waals surface area contributed by atoms with Crippen LogP contribution in [0.1, 0.15) is 49.1 Å². The van der Waals surface area contributed by atoms with Crippen molar-refractivity contribution >= 4 is 18.0 Å². The number of nitrogens with one attached hydrogen (secondary N) is 2. The van der Waals surface area contributed by atoms with Crippen molar-refractivity contribution in [2.75, 3.05) is 19.8 Å². The summed E-state index contributed by atoms with van der Waals surface area (Å²) in [4.78, 5) is 37.9. The standard InChI is InChI=1S/C27H30N2O6/c30-24(31)21-10-5-11-23(21)28-25(32)27(12-14-34-15-13-27)29-26(33)35-16-22-19-8-3-1-6-17(19)18-7-2-4-9-20(18)22/h1-4,6-9,21-23H,5,10-16H2,(H,28,32)(H,29,33)(H,30,31). The van der Waals surface area contributed by atoms with E-state index in [0.717, 1.165) is 28.7 Å². The number of carboxylic acid groups (broad SMARTS) is 1. The number of carboxylic acids is 1. The Morgan fingerprint density at radius 1 is 0.971 bits per heavy atom. The molecule has 1 saturated carbocycles. The summed E-state index contributed by atoms with van der Waals surface area (Å²) in [5.74, 6) is -1.96. The first kappa shape index (κ1) is 23.4. The topological polar surface area (TPSA) is 114 Å². The van der Waals surface area contributed by atoms with Crippen molar-refractivity contribution in [1.82, 2.24) is 10.6 Å². The van der Waals surface area contributed by atoms with Crippen LogP contribution in [0.15, 0.2) is 48.5 Å². The molecular weight excluding hydrogens is 448 g/mol. The highest BCUT2D eigenvalue weighted by molar-refractivity contribution is 5.91. The van der Waals surface area contributed by atoms with E-state index >= 15 is 0 Å². The van der Waals surface area contributed by atoms with Crippen LogP contribution in [0.25, 0.3) is 11.1 Å². The highest BCUT2D eigenvalue weighted by atomic mass is 16.5. The van der Waals surface area contributed by atoms with Crippen LogP contribution in [0.5, 0.6) is 0 Å². The van der Waals surface area contributed by atoms with E-state index in [4.69, 9.17) is 9.47 Å². The van der Waals surface area contributed by atoms with Gasteiger partial charge in [-0.25, -0.2) is 4.79 Å². The van der Waals surface area contributed by atoms with Crippen molar-refractivity contribution < 1.29 is 29.0 Å². The normalized spacial score (nSPS) is 22.6. The molecule has 1 saturated heterocycles. The molecular formula is C27H30N2O6. The second-order valence-electron chi connectivity index (χ2n) is 9.60. The third kappa shape index (κ3) is 4.50. The van der Waals surface area contributed by atoms with E-state index in [1.807, 2.05) is 24.3 Å². The number of benzene rings is 2. The van der Waals surface area contributed by atoms with Crippen LogP contribution >= 0.6 is 0 Å². The number of hydrogen-bond donors (Lipinski definition) is 3. The summed E-state index contributed by atoms with van der Waals surface area (Å²) in [7, 11) is 0. The minimum Gasteiger partial charge on any atom is -0.481 e. The zero-order chi connectivity index (χ0) is 24.4. The molecule has 184 valence electrons. The number of aliphatic carboxylic acids is 1. The Hall–Kier alpha value is -3.39. The van der Waals surface area contributed by atoms with Gasteiger partial charge in [0.15, 0.2) is 0 Å². The lowest BCUT2D eigenvalue weighted by atomic mass is 9.88. The maximum atomic E-state index is 13.3. The zero-order valence-electron chi connectivity index (χ0n) is 19.5. The monoisotopic (exact) mass is 478 g/mol. The van der Waals surface area contributed by atoms with Crippen molar-refractivity contribution in [1.29, 1.82) is 0 Å². The Bertz CT molecular complexity index is 1080. The number of carbonyl (C=O) groups excluding carboxylic acids is 2. The van der Waals surface area contributed by atoms with Crippen molar-refractivity contribution in [3.05, 3.63) is 59.7 Å². The minimum atomic E-state index is -1.19. The van der Waals surface area contributed by atoms with Crippen molar-refractivity contribution in [3.63, 3.8) is 0 Å². The van der Waals surface area contributed by atoms with Gasteiger partial charge >= 0.3 is 12.1 Å². The molecule has 2 unspecified atom stereocenters. The molecule has 2 aromatic carbocycles. The summed E-state index contributed by atoms with van der Waals surface area (Å²) in [6.45, 7) is 0.798. The van der Waals surface area contributed by atoms with Gasteiger partial charge in [0.05, 0.1) is 5.92 Å². The first-order valence-electron chi connectivity index (χ1n) is 12.2. The Kier molecular flexibility index (Phi) is 6.47. The minimum absolute atomic E-state index is 0.0811. The molecule has 0 bridgehead atoms. The molecule has 8 heteroatoms. The maximum Gasteiger partial charge on any atom is 0.408 e. The van der Waals surface area contributed by atoms with E-state index in [1.165, 1.54) is 0 Å². The number of fused-ring (bicyclic) bond motifs is 3. The number of ether oxygens (including phenoxy) is 2. The molecule has 2 atom stereocenters. The molecule has 2 amide bonds. The highest BCUT2D eigenvalue weighted by Crippen LogP contribution is 2.44. The molecule has 2 aliphatic carbocycles. The van der Waals surface area contributed by atoms with Crippen LogP contribution < -0.4 is 10.6 Å². The molecule has 5 rings (SSSR count). The van der Waals surface area contributed by atoms with Gasteiger partial charge in [-0.2, -0.15) is 0 Å². The molecule has 2 fully saturated rings. The van der Waals surface area contributed by atoms with Crippen LogP contribution in [0.4, 0.5) is 4.79 Å². The predicted molar refractivity (Wildman–Crippen MR) is 128 cm³/mol. The molecule has 1 heterocycles. The third-order valence-corrected chi connectivity index (χ3v) is 7.62. The summed E-state index contributed by atoms with van der Waals surface area (Å²) in [5, 5.41) is 15.2. The molecule has 0 spiro atoms. The SMILES string of the molecule is O=C(NC1(C(=O)NC2CCCC2C(=O)O)CCOCC1)OCC1c2ccccc2-c2ccccc21. The fourth-order valence-electron chi connectivity index (χ4n) is 5.69. The van der Waals surface area contributed by atoms with Crippen LogP contribution in [-0.4, -0.2) is 54.5 Å². The Morgan fingerprint density at radius 3 is 2.23 bits per heavy atom. The van der Waals surface area contributed by atoms with E-state index < -0.39 is 29.6 Å². The van der Waals surface area contributed by atoms with Gasteiger partial charge in [0.25, 0.3) is 0 Å². The van der Waals surface area contributed by atoms with Crippen molar-refractivity contribution in [2.45, 2.75) is 49.6 Å². The van der Waals surface area contributed by atoms with E-state index in [0.29, 0.717) is 38.9 Å². The summed E-state index contributed by atoms with van der Waals surface area (Å²) >= 11 is 0. The smallest absolute Gasteiger partial charge is 0.408 e. The van der Waals surface area contributed by atoms with Crippen LogP contribution in [0.2, 0.25) is 0 Å². The molecule has 2 aromatic rings. The van der Waals surface area contributed by atoms with Gasteiger partial charge in [-0.1, -0.05) is 55.0 Å². The lowest BCUT2D eigenvalue weighted by Gasteiger charge is -2.37. The van der Waals surface area contributed by atoms with Gasteiger partial charge in [0, 0.05) is 38.0 Å². The Labute approximate surface area is 204 Å². The number of carbonyl (C=O) groups is 3. The summed E-state index contributed by atoms with van der Waals surface area (Å²) in [6.07, 6.45) is 1.83. The van der Waals surface area contributed by atoms with Gasteiger partial charge in [-0.15, -0.1) is 0 Å². The first-order valence-corrected chi connectivity index (χ1v) is 12.2. The van der Waals surface area contributed by atoms with Gasteiger partial charge < -0.3 is 25.2 Å². The average molecular weight is 479 g/mol. The van der Waals surface area contributed by atoms with E-state index in [2.05, 4.69) is 34.9 Å². The van der Waals surface area contributed by atoms with Crippen LogP contribution in [-0.2, 0) is 19.1 Å². The molecule has 0 radical (unpaired) electrons. The maximum absolute atomic E-state index is 13.3. The molecule has 8 nitrogen and oxygen atoms in total. The first-order chi connectivity index (χ1) is 17.0. The number of rotatable bonds is 6. The lowest BCUT2D eigenvalue weighted by Crippen LogP contribution is -2.63. The van der Waals surface area contributed by atoms with Gasteiger partial charge in [-0.3, -0.25) is 9.59 Å². The molecule has 1 aliphatic heterocycles. The van der Waals surface area contributed by atoms with E-state index in [1.54, 1.807) is 0 Å². The summed E-state index contributed by atoms with van der Waals surface area (Å²) in [5.41, 5.74) is 3.32. The lowest BCUT2D eigenvalue weighted by molar-refractivity contribution is -0.143. The largest absolute Gasteiger partial charge is 0.481 e. The van der Waals surface area contributed by atoms with Gasteiger partial charge in [-0.05, 0) is 35.1 Å². The second-order valence-corrected chi connectivity index (χ2v) is 9.60. The second kappa shape index (κ2) is 9.70.